The lowest BCUT2D eigenvalue weighted by atomic mass is 9.89. The van der Waals surface area contributed by atoms with Crippen molar-refractivity contribution in [2.24, 2.45) is 5.92 Å². The maximum absolute atomic E-state index is 14.0. The zero-order valence-electron chi connectivity index (χ0n) is 18.8. The SMILES string of the molecule is N#CC[C@@H](C1CC1)n1nc(Nc2ccc([C@](O)(c3ccccn3)C(F)(F)F)cc2)c2c(=O)[nH]ccc21. The first kappa shape index (κ1) is 23.6. The summed E-state index contributed by atoms with van der Waals surface area (Å²) in [6.07, 6.45) is -0.141. The molecule has 11 heteroatoms. The predicted octanol–water partition coefficient (Wildman–Crippen LogP) is 4.53. The van der Waals surface area contributed by atoms with Crippen LogP contribution in [0.5, 0.6) is 0 Å². The van der Waals surface area contributed by atoms with E-state index in [1.807, 2.05) is 0 Å². The molecule has 5 rings (SSSR count). The van der Waals surface area contributed by atoms with Crippen LogP contribution in [0.4, 0.5) is 24.7 Å². The van der Waals surface area contributed by atoms with E-state index in [0.717, 1.165) is 31.0 Å². The van der Waals surface area contributed by atoms with E-state index in [-0.39, 0.29) is 29.2 Å². The summed E-state index contributed by atoms with van der Waals surface area (Å²) in [4.78, 5) is 19.0. The molecule has 1 aromatic carbocycles. The van der Waals surface area contributed by atoms with Crippen LogP contribution >= 0.6 is 0 Å². The second-order valence-electron chi connectivity index (χ2n) is 8.75. The van der Waals surface area contributed by atoms with Crippen LogP contribution in [0.15, 0.2) is 65.7 Å². The maximum Gasteiger partial charge on any atom is 0.427 e. The number of aromatic amines is 1. The van der Waals surface area contributed by atoms with E-state index in [9.17, 15) is 28.3 Å². The van der Waals surface area contributed by atoms with Gasteiger partial charge in [-0.25, -0.2) is 0 Å². The van der Waals surface area contributed by atoms with Crippen molar-refractivity contribution in [3.63, 3.8) is 0 Å². The molecule has 184 valence electrons. The Kier molecular flexibility index (Phi) is 5.76. The molecule has 0 amide bonds. The molecule has 3 heterocycles. The molecule has 0 aliphatic heterocycles. The minimum Gasteiger partial charge on any atom is -0.371 e. The number of aromatic nitrogens is 4. The van der Waals surface area contributed by atoms with E-state index in [2.05, 4.69) is 26.5 Å². The lowest BCUT2D eigenvalue weighted by Crippen LogP contribution is -2.44. The number of halogens is 3. The Bertz CT molecular complexity index is 1490. The van der Waals surface area contributed by atoms with E-state index in [0.29, 0.717) is 17.1 Å². The summed E-state index contributed by atoms with van der Waals surface area (Å²) >= 11 is 0. The van der Waals surface area contributed by atoms with Crippen molar-refractivity contribution in [1.82, 2.24) is 19.7 Å². The van der Waals surface area contributed by atoms with Gasteiger partial charge in [-0.1, -0.05) is 18.2 Å². The number of nitriles is 1. The molecule has 3 aromatic heterocycles. The fourth-order valence-electron chi connectivity index (χ4n) is 4.43. The molecule has 1 aliphatic carbocycles. The van der Waals surface area contributed by atoms with Crippen LogP contribution in [-0.4, -0.2) is 31.0 Å². The van der Waals surface area contributed by atoms with Crippen molar-refractivity contribution in [3.05, 3.63) is 82.5 Å². The minimum atomic E-state index is -5.02. The Morgan fingerprint density at radius 3 is 2.56 bits per heavy atom. The number of anilines is 2. The molecule has 36 heavy (non-hydrogen) atoms. The van der Waals surface area contributed by atoms with Crippen LogP contribution in [0, 0.1) is 17.2 Å². The van der Waals surface area contributed by atoms with E-state index < -0.39 is 23.0 Å². The highest BCUT2D eigenvalue weighted by Gasteiger charge is 2.57. The highest BCUT2D eigenvalue weighted by Crippen LogP contribution is 2.44. The Morgan fingerprint density at radius 2 is 1.94 bits per heavy atom. The van der Waals surface area contributed by atoms with Gasteiger partial charge in [0.2, 0.25) is 5.60 Å². The summed E-state index contributed by atoms with van der Waals surface area (Å²) in [7, 11) is 0. The van der Waals surface area contributed by atoms with Crippen molar-refractivity contribution in [2.75, 3.05) is 5.32 Å². The molecule has 2 atom stereocenters. The molecule has 8 nitrogen and oxygen atoms in total. The van der Waals surface area contributed by atoms with Gasteiger partial charge in [-0.3, -0.25) is 14.5 Å². The zero-order chi connectivity index (χ0) is 25.5. The standard InChI is InChI=1S/C25H21F3N6O2/c26-25(27,28)24(36,20-3-1-2-13-30-20)16-6-8-17(9-7-16)32-22-21-19(11-14-31-23(21)35)34(33-22)18(10-12-29)15-4-5-15/h1-3,6-9,11,13-15,18,36H,4-5,10H2,(H,31,35)(H,32,33)/t18-,24-/m0/s1. The summed E-state index contributed by atoms with van der Waals surface area (Å²) < 4.78 is 43.6. The van der Waals surface area contributed by atoms with Crippen LogP contribution in [0.2, 0.25) is 0 Å². The predicted molar refractivity (Wildman–Crippen MR) is 125 cm³/mol. The van der Waals surface area contributed by atoms with E-state index in [1.54, 1.807) is 10.7 Å². The van der Waals surface area contributed by atoms with Crippen LogP contribution in [0.3, 0.4) is 0 Å². The molecule has 1 fully saturated rings. The summed E-state index contributed by atoms with van der Waals surface area (Å²) in [5, 5.41) is 27.9. The molecule has 3 N–H and O–H groups in total. The molecule has 0 bridgehead atoms. The molecule has 0 saturated heterocycles. The second kappa shape index (κ2) is 8.80. The summed E-state index contributed by atoms with van der Waals surface area (Å²) in [5.41, 5.74) is -3.71. The third-order valence-corrected chi connectivity index (χ3v) is 6.42. The van der Waals surface area contributed by atoms with Crippen LogP contribution in [0.25, 0.3) is 10.9 Å². The van der Waals surface area contributed by atoms with Crippen LogP contribution in [-0.2, 0) is 5.60 Å². The van der Waals surface area contributed by atoms with E-state index in [1.165, 1.54) is 36.7 Å². The number of benzene rings is 1. The normalized spacial score (nSPS) is 16.3. The van der Waals surface area contributed by atoms with Gasteiger partial charge in [0.15, 0.2) is 5.82 Å². The quantitative estimate of drug-likeness (QED) is 0.347. The average molecular weight is 494 g/mol. The number of nitrogens with zero attached hydrogens (tertiary/aromatic N) is 4. The number of hydrogen-bond donors (Lipinski definition) is 3. The van der Waals surface area contributed by atoms with Crippen LogP contribution < -0.4 is 10.9 Å². The fraction of sp³-hybridized carbons (Fsp3) is 0.280. The molecular formula is C25H21F3N6O2. The number of H-pyrrole nitrogens is 1. The Labute approximate surface area is 203 Å². The number of aliphatic hydroxyl groups is 1. The number of rotatable bonds is 7. The van der Waals surface area contributed by atoms with Crippen LogP contribution in [0.1, 0.15) is 36.6 Å². The van der Waals surface area contributed by atoms with E-state index >= 15 is 0 Å². The molecule has 4 aromatic rings. The van der Waals surface area contributed by atoms with Gasteiger partial charge in [-0.05, 0) is 54.7 Å². The fourth-order valence-corrected chi connectivity index (χ4v) is 4.43. The maximum atomic E-state index is 14.0. The molecule has 0 spiro atoms. The highest BCUT2D eigenvalue weighted by atomic mass is 19.4. The average Bonchev–Trinajstić information content (AvgIpc) is 3.64. The van der Waals surface area contributed by atoms with Crippen molar-refractivity contribution in [2.45, 2.75) is 37.1 Å². The van der Waals surface area contributed by atoms with Gasteiger partial charge in [-0.2, -0.15) is 23.5 Å². The number of pyridine rings is 2. The van der Waals surface area contributed by atoms with Crippen molar-refractivity contribution in [3.8, 4) is 6.07 Å². The largest absolute Gasteiger partial charge is 0.427 e. The first-order chi connectivity index (χ1) is 17.2. The van der Waals surface area contributed by atoms with E-state index in [4.69, 9.17) is 0 Å². The Hall–Kier alpha value is -4.17. The molecule has 1 saturated carbocycles. The smallest absolute Gasteiger partial charge is 0.371 e. The lowest BCUT2D eigenvalue weighted by Gasteiger charge is -2.30. The molecule has 1 aliphatic rings. The van der Waals surface area contributed by atoms with Crippen molar-refractivity contribution < 1.29 is 18.3 Å². The summed E-state index contributed by atoms with van der Waals surface area (Å²) in [6.45, 7) is 0. The van der Waals surface area contributed by atoms with Crippen molar-refractivity contribution in [1.29, 1.82) is 5.26 Å². The summed E-state index contributed by atoms with van der Waals surface area (Å²) in [5.74, 6) is 0.518. The zero-order valence-corrected chi connectivity index (χ0v) is 18.8. The molecule has 0 unspecified atom stereocenters. The lowest BCUT2D eigenvalue weighted by molar-refractivity contribution is -0.249. The topological polar surface area (TPSA) is 120 Å². The second-order valence-corrected chi connectivity index (χ2v) is 8.75. The third-order valence-electron chi connectivity index (χ3n) is 6.42. The third kappa shape index (κ3) is 3.99. The molecular weight excluding hydrogens is 473 g/mol. The Morgan fingerprint density at radius 1 is 1.19 bits per heavy atom. The Balaban J connectivity index is 1.52. The van der Waals surface area contributed by atoms with Gasteiger partial charge in [0, 0.05) is 18.1 Å². The van der Waals surface area contributed by atoms with Crippen molar-refractivity contribution >= 4 is 22.4 Å². The van der Waals surface area contributed by atoms with Gasteiger partial charge in [0.25, 0.3) is 5.56 Å². The first-order valence-corrected chi connectivity index (χ1v) is 11.3. The highest BCUT2D eigenvalue weighted by molar-refractivity contribution is 5.91. The van der Waals surface area contributed by atoms with Gasteiger partial charge in [0.05, 0.1) is 29.7 Å². The van der Waals surface area contributed by atoms with Gasteiger partial charge >= 0.3 is 6.18 Å². The number of alkyl halides is 3. The monoisotopic (exact) mass is 494 g/mol. The number of hydrogen-bond acceptors (Lipinski definition) is 6. The van der Waals surface area contributed by atoms with Gasteiger partial charge in [0.1, 0.15) is 5.39 Å². The minimum absolute atomic E-state index is 0.183. The van der Waals surface area contributed by atoms with Gasteiger partial charge in [-0.15, -0.1) is 0 Å². The molecule has 0 radical (unpaired) electrons. The number of nitrogens with one attached hydrogen (secondary N) is 2. The van der Waals surface area contributed by atoms with Gasteiger partial charge < -0.3 is 15.4 Å². The first-order valence-electron chi connectivity index (χ1n) is 11.3. The summed E-state index contributed by atoms with van der Waals surface area (Å²) in [6, 6.07) is 12.7. The number of fused-ring (bicyclic) bond motifs is 1.